The molecule has 0 atom stereocenters. The van der Waals surface area contributed by atoms with Gasteiger partial charge in [0.05, 0.1) is 17.6 Å². The molecule has 0 radical (unpaired) electrons. The van der Waals surface area contributed by atoms with Gasteiger partial charge in [0.15, 0.2) is 5.43 Å². The Morgan fingerprint density at radius 1 is 0.848 bits per heavy atom. The molecule has 1 aliphatic rings. The van der Waals surface area contributed by atoms with Crippen molar-refractivity contribution < 1.29 is 9.59 Å². The van der Waals surface area contributed by atoms with E-state index in [1.165, 1.54) is 0 Å². The normalized spacial score (nSPS) is 15.5. The highest BCUT2D eigenvalue weighted by Crippen LogP contribution is 2.19. The van der Waals surface area contributed by atoms with E-state index in [1.54, 1.807) is 0 Å². The lowest BCUT2D eigenvalue weighted by Gasteiger charge is -2.25. The third kappa shape index (κ3) is 5.25. The van der Waals surface area contributed by atoms with Crippen LogP contribution in [-0.4, -0.2) is 64.4 Å². The van der Waals surface area contributed by atoms with Crippen LogP contribution in [0.25, 0.3) is 21.8 Å². The van der Waals surface area contributed by atoms with E-state index in [1.807, 2.05) is 78.8 Å². The first-order valence-electron chi connectivity index (χ1n) is 11.5. The predicted octanol–water partition coefficient (Wildman–Crippen LogP) is 2.60. The predicted molar refractivity (Wildman–Crippen MR) is 131 cm³/mol. The first kappa shape index (κ1) is 23.0. The Morgan fingerprint density at radius 2 is 1.45 bits per heavy atom. The first-order valence-corrected chi connectivity index (χ1v) is 11.5. The molecule has 2 heterocycles. The molecule has 174 valence electrons. The maximum Gasteiger partial charge on any atom is 0.242 e. The standard InChI is InChI=1S/C26H32N4O3/c1-26(2,3)27-23(31)17-28-13-8-14-29(16-15-28)24(32)18-30-21-11-6-4-9-19(21)25(33)20-10-5-7-12-22(20)30/h4-7,9-12H,8,13-18H2,1-3H3,(H,27,31). The second-order valence-electron chi connectivity index (χ2n) is 9.76. The number of hydrogen-bond donors (Lipinski definition) is 1. The van der Waals surface area contributed by atoms with Crippen molar-refractivity contribution in [2.75, 3.05) is 32.7 Å². The molecule has 1 fully saturated rings. The largest absolute Gasteiger partial charge is 0.350 e. The first-order chi connectivity index (χ1) is 15.7. The van der Waals surface area contributed by atoms with Crippen molar-refractivity contribution in [2.24, 2.45) is 0 Å². The number of fused-ring (bicyclic) bond motifs is 2. The van der Waals surface area contributed by atoms with Crippen molar-refractivity contribution in [1.82, 2.24) is 19.7 Å². The van der Waals surface area contributed by atoms with E-state index in [0.29, 0.717) is 37.0 Å². The van der Waals surface area contributed by atoms with Gasteiger partial charge in [-0.25, -0.2) is 0 Å². The van der Waals surface area contributed by atoms with Crippen molar-refractivity contribution in [3.63, 3.8) is 0 Å². The number of hydrogen-bond acceptors (Lipinski definition) is 4. The van der Waals surface area contributed by atoms with E-state index in [-0.39, 0.29) is 29.3 Å². The highest BCUT2D eigenvalue weighted by Gasteiger charge is 2.23. The van der Waals surface area contributed by atoms with Gasteiger partial charge in [-0.3, -0.25) is 19.3 Å². The van der Waals surface area contributed by atoms with Crippen LogP contribution in [-0.2, 0) is 16.1 Å². The highest BCUT2D eigenvalue weighted by atomic mass is 16.2. The van der Waals surface area contributed by atoms with E-state index < -0.39 is 0 Å². The molecule has 0 unspecified atom stereocenters. The number of amides is 2. The quantitative estimate of drug-likeness (QED) is 0.623. The van der Waals surface area contributed by atoms with Gasteiger partial charge in [-0.2, -0.15) is 0 Å². The van der Waals surface area contributed by atoms with Crippen LogP contribution >= 0.6 is 0 Å². The zero-order chi connectivity index (χ0) is 23.6. The lowest BCUT2D eigenvalue weighted by molar-refractivity contribution is -0.131. The fourth-order valence-electron chi connectivity index (χ4n) is 4.52. The number of para-hydroxylation sites is 2. The molecule has 0 aliphatic carbocycles. The number of nitrogens with one attached hydrogen (secondary N) is 1. The SMILES string of the molecule is CC(C)(C)NC(=O)CN1CCCN(C(=O)Cn2c3ccccc3c(=O)c3ccccc32)CC1. The van der Waals surface area contributed by atoms with Gasteiger partial charge in [-0.05, 0) is 51.5 Å². The zero-order valence-electron chi connectivity index (χ0n) is 19.6. The molecule has 0 bridgehead atoms. The molecular weight excluding hydrogens is 416 g/mol. The van der Waals surface area contributed by atoms with Crippen molar-refractivity contribution in [1.29, 1.82) is 0 Å². The highest BCUT2D eigenvalue weighted by molar-refractivity contribution is 5.94. The average molecular weight is 449 g/mol. The number of benzene rings is 2. The Labute approximate surface area is 194 Å². The van der Waals surface area contributed by atoms with E-state index >= 15 is 0 Å². The molecule has 4 rings (SSSR count). The van der Waals surface area contributed by atoms with Crippen LogP contribution in [0.4, 0.5) is 0 Å². The van der Waals surface area contributed by atoms with Crippen LogP contribution in [0.2, 0.25) is 0 Å². The van der Waals surface area contributed by atoms with E-state index in [0.717, 1.165) is 24.0 Å². The van der Waals surface area contributed by atoms with Gasteiger partial charge in [0, 0.05) is 42.5 Å². The van der Waals surface area contributed by atoms with Crippen molar-refractivity contribution >= 4 is 33.6 Å². The third-order valence-electron chi connectivity index (χ3n) is 6.00. The topological polar surface area (TPSA) is 74.7 Å². The molecule has 0 saturated carbocycles. The number of pyridine rings is 1. The van der Waals surface area contributed by atoms with Gasteiger partial charge < -0.3 is 14.8 Å². The average Bonchev–Trinajstić information content (AvgIpc) is 3.01. The lowest BCUT2D eigenvalue weighted by Crippen LogP contribution is -2.46. The van der Waals surface area contributed by atoms with Crippen molar-refractivity contribution in [3.05, 3.63) is 58.8 Å². The van der Waals surface area contributed by atoms with Gasteiger partial charge in [0.1, 0.15) is 6.54 Å². The Hall–Kier alpha value is -3.19. The molecule has 3 aromatic rings. The van der Waals surface area contributed by atoms with Crippen molar-refractivity contribution in [3.8, 4) is 0 Å². The van der Waals surface area contributed by atoms with E-state index in [4.69, 9.17) is 0 Å². The zero-order valence-corrected chi connectivity index (χ0v) is 19.6. The second kappa shape index (κ2) is 9.35. The fourth-order valence-corrected chi connectivity index (χ4v) is 4.52. The van der Waals surface area contributed by atoms with Crippen LogP contribution in [0.5, 0.6) is 0 Å². The summed E-state index contributed by atoms with van der Waals surface area (Å²) in [6, 6.07) is 14.9. The Kier molecular flexibility index (Phi) is 6.51. The van der Waals surface area contributed by atoms with Gasteiger partial charge in [-0.15, -0.1) is 0 Å². The molecule has 0 spiro atoms. The number of rotatable bonds is 4. The summed E-state index contributed by atoms with van der Waals surface area (Å²) < 4.78 is 1.95. The fraction of sp³-hybridized carbons (Fsp3) is 0.423. The van der Waals surface area contributed by atoms with E-state index in [9.17, 15) is 14.4 Å². The summed E-state index contributed by atoms with van der Waals surface area (Å²) in [6.45, 7) is 9.11. The summed E-state index contributed by atoms with van der Waals surface area (Å²) in [6.07, 6.45) is 0.820. The minimum Gasteiger partial charge on any atom is -0.350 e. The van der Waals surface area contributed by atoms with E-state index in [2.05, 4.69) is 10.2 Å². The summed E-state index contributed by atoms with van der Waals surface area (Å²) in [5, 5.41) is 4.24. The Bertz CT molecular complexity index is 1180. The molecule has 1 aliphatic heterocycles. The van der Waals surface area contributed by atoms with Crippen LogP contribution in [0.3, 0.4) is 0 Å². The van der Waals surface area contributed by atoms with Gasteiger partial charge in [0.2, 0.25) is 11.8 Å². The Balaban J connectivity index is 1.51. The van der Waals surface area contributed by atoms with Crippen LogP contribution < -0.4 is 10.7 Å². The molecule has 1 aromatic heterocycles. The maximum absolute atomic E-state index is 13.3. The van der Waals surface area contributed by atoms with Crippen LogP contribution in [0.1, 0.15) is 27.2 Å². The minimum atomic E-state index is -0.257. The maximum atomic E-state index is 13.3. The number of aromatic nitrogens is 1. The summed E-state index contributed by atoms with van der Waals surface area (Å²) in [4.78, 5) is 42.6. The van der Waals surface area contributed by atoms with Gasteiger partial charge in [0.25, 0.3) is 0 Å². The van der Waals surface area contributed by atoms with Crippen molar-refractivity contribution in [2.45, 2.75) is 39.3 Å². The molecule has 7 nitrogen and oxygen atoms in total. The summed E-state index contributed by atoms with van der Waals surface area (Å²) in [5.41, 5.74) is 1.27. The van der Waals surface area contributed by atoms with Crippen LogP contribution in [0, 0.1) is 0 Å². The molecule has 1 N–H and O–H groups in total. The minimum absolute atomic E-state index is 0.00785. The number of carbonyl (C=O) groups is 2. The monoisotopic (exact) mass is 448 g/mol. The molecule has 2 aromatic carbocycles. The number of carbonyl (C=O) groups excluding carboxylic acids is 2. The third-order valence-corrected chi connectivity index (χ3v) is 6.00. The lowest BCUT2D eigenvalue weighted by atomic mass is 10.1. The Morgan fingerprint density at radius 3 is 2.06 bits per heavy atom. The molecule has 33 heavy (non-hydrogen) atoms. The summed E-state index contributed by atoms with van der Waals surface area (Å²) >= 11 is 0. The van der Waals surface area contributed by atoms with Gasteiger partial charge >= 0.3 is 0 Å². The molecule has 1 saturated heterocycles. The molecular formula is C26H32N4O3. The summed E-state index contributed by atoms with van der Waals surface area (Å²) in [5.74, 6) is 0.0309. The summed E-state index contributed by atoms with van der Waals surface area (Å²) in [7, 11) is 0. The molecule has 7 heteroatoms. The molecule has 2 amide bonds. The van der Waals surface area contributed by atoms with Gasteiger partial charge in [-0.1, -0.05) is 24.3 Å². The number of nitrogens with zero attached hydrogens (tertiary/aromatic N) is 3. The van der Waals surface area contributed by atoms with Crippen LogP contribution in [0.15, 0.2) is 53.3 Å². The second-order valence-corrected chi connectivity index (χ2v) is 9.76. The smallest absolute Gasteiger partial charge is 0.242 e.